The van der Waals surface area contributed by atoms with Crippen molar-refractivity contribution in [2.24, 2.45) is 0 Å². The second-order valence-corrected chi connectivity index (χ2v) is 4.45. The summed E-state index contributed by atoms with van der Waals surface area (Å²) in [6, 6.07) is 16.1. The lowest BCUT2D eigenvalue weighted by molar-refractivity contribution is -0.135. The Kier molecular flexibility index (Phi) is 4.61. The molecule has 0 aliphatic rings. The quantitative estimate of drug-likeness (QED) is 0.674. The number of methoxy groups -OCH3 is 1. The topological polar surface area (TPSA) is 55.8 Å². The van der Waals surface area contributed by atoms with Crippen molar-refractivity contribution in [3.63, 3.8) is 0 Å². The highest BCUT2D eigenvalue weighted by molar-refractivity contribution is 5.93. The molecule has 0 aromatic heterocycles. The van der Waals surface area contributed by atoms with Gasteiger partial charge in [-0.05, 0) is 19.1 Å². The fourth-order valence-corrected chi connectivity index (χ4v) is 1.84. The number of carbonyl (C=O) groups is 1. The Morgan fingerprint density at radius 1 is 1.00 bits per heavy atom. The van der Waals surface area contributed by atoms with Gasteiger partial charge in [-0.1, -0.05) is 48.0 Å². The Labute approximate surface area is 123 Å². The molecule has 4 nitrogen and oxygen atoms in total. The predicted octanol–water partition coefficient (Wildman–Crippen LogP) is 3.47. The molecule has 0 fully saturated rings. The Morgan fingerprint density at radius 2 is 1.62 bits per heavy atom. The molecule has 0 bridgehead atoms. The number of carboxylic acid groups (broad SMARTS) is 1. The van der Waals surface area contributed by atoms with Gasteiger partial charge in [0.15, 0.2) is 5.76 Å². The van der Waals surface area contributed by atoms with E-state index in [9.17, 15) is 9.90 Å². The molecule has 108 valence electrons. The standard InChI is InChI=1S/C17H16O4/c1-12-8-10-14(11-9-12)21-16(17(18)19)15(20-2)13-6-4-3-5-7-13/h3-11H,1-2H3,(H,18,19). The summed E-state index contributed by atoms with van der Waals surface area (Å²) >= 11 is 0. The van der Waals surface area contributed by atoms with Crippen LogP contribution < -0.4 is 4.74 Å². The summed E-state index contributed by atoms with van der Waals surface area (Å²) in [6.07, 6.45) is 0. The van der Waals surface area contributed by atoms with E-state index >= 15 is 0 Å². The summed E-state index contributed by atoms with van der Waals surface area (Å²) in [4.78, 5) is 11.5. The van der Waals surface area contributed by atoms with Gasteiger partial charge in [0.2, 0.25) is 0 Å². The van der Waals surface area contributed by atoms with E-state index in [0.29, 0.717) is 11.3 Å². The minimum Gasteiger partial charge on any atom is -0.492 e. The predicted molar refractivity (Wildman–Crippen MR) is 79.8 cm³/mol. The minimum atomic E-state index is -1.18. The molecule has 21 heavy (non-hydrogen) atoms. The molecule has 0 saturated heterocycles. The van der Waals surface area contributed by atoms with E-state index in [2.05, 4.69) is 0 Å². The maximum Gasteiger partial charge on any atom is 0.375 e. The summed E-state index contributed by atoms with van der Waals surface area (Å²) in [5.41, 5.74) is 1.71. The van der Waals surface area contributed by atoms with Crippen molar-refractivity contribution in [3.05, 3.63) is 71.5 Å². The molecular weight excluding hydrogens is 268 g/mol. The summed E-state index contributed by atoms with van der Waals surface area (Å²) in [6.45, 7) is 1.95. The highest BCUT2D eigenvalue weighted by Gasteiger charge is 2.20. The van der Waals surface area contributed by atoms with Crippen LogP contribution in [0.15, 0.2) is 60.4 Å². The number of ether oxygens (including phenoxy) is 2. The third kappa shape index (κ3) is 3.63. The van der Waals surface area contributed by atoms with Crippen LogP contribution in [0, 0.1) is 6.92 Å². The Morgan fingerprint density at radius 3 is 2.14 bits per heavy atom. The van der Waals surface area contributed by atoms with Gasteiger partial charge in [-0.25, -0.2) is 4.79 Å². The summed E-state index contributed by atoms with van der Waals surface area (Å²) < 4.78 is 10.7. The second-order valence-electron chi connectivity index (χ2n) is 4.45. The number of benzene rings is 2. The molecular formula is C17H16O4. The van der Waals surface area contributed by atoms with E-state index in [-0.39, 0.29) is 11.5 Å². The number of carboxylic acids is 1. The zero-order valence-electron chi connectivity index (χ0n) is 11.9. The number of rotatable bonds is 5. The second kappa shape index (κ2) is 6.61. The van der Waals surface area contributed by atoms with Crippen molar-refractivity contribution in [2.45, 2.75) is 6.92 Å². The lowest BCUT2D eigenvalue weighted by atomic mass is 10.1. The van der Waals surface area contributed by atoms with Gasteiger partial charge in [0.05, 0.1) is 7.11 Å². The van der Waals surface area contributed by atoms with Gasteiger partial charge in [-0.15, -0.1) is 0 Å². The van der Waals surface area contributed by atoms with Crippen LogP contribution in [0.25, 0.3) is 5.76 Å². The third-order valence-corrected chi connectivity index (χ3v) is 2.88. The fourth-order valence-electron chi connectivity index (χ4n) is 1.84. The van der Waals surface area contributed by atoms with Crippen LogP contribution in [0.1, 0.15) is 11.1 Å². The Hall–Kier alpha value is -2.75. The maximum atomic E-state index is 11.5. The Bertz CT molecular complexity index is 642. The number of hydrogen-bond donors (Lipinski definition) is 1. The molecule has 0 atom stereocenters. The van der Waals surface area contributed by atoms with Crippen molar-refractivity contribution >= 4 is 11.7 Å². The molecule has 0 unspecified atom stereocenters. The van der Waals surface area contributed by atoms with Gasteiger partial charge in [0.1, 0.15) is 5.75 Å². The first-order chi connectivity index (χ1) is 10.1. The summed E-state index contributed by atoms with van der Waals surface area (Å²) in [5, 5.41) is 9.39. The molecule has 1 N–H and O–H groups in total. The third-order valence-electron chi connectivity index (χ3n) is 2.88. The van der Waals surface area contributed by atoms with E-state index < -0.39 is 5.97 Å². The molecule has 0 aliphatic carbocycles. The summed E-state index contributed by atoms with van der Waals surface area (Å²) in [7, 11) is 1.42. The molecule has 0 amide bonds. The first-order valence-corrected chi connectivity index (χ1v) is 6.43. The molecule has 0 saturated carbocycles. The zero-order valence-corrected chi connectivity index (χ0v) is 11.9. The van der Waals surface area contributed by atoms with E-state index in [1.54, 1.807) is 36.4 Å². The van der Waals surface area contributed by atoms with Crippen LogP contribution in [-0.4, -0.2) is 18.2 Å². The van der Waals surface area contributed by atoms with E-state index in [0.717, 1.165) is 5.56 Å². The van der Waals surface area contributed by atoms with Crippen molar-refractivity contribution in [1.82, 2.24) is 0 Å². The van der Waals surface area contributed by atoms with Crippen LogP contribution >= 0.6 is 0 Å². The average molecular weight is 284 g/mol. The van der Waals surface area contributed by atoms with Crippen LogP contribution in [0.3, 0.4) is 0 Å². The molecule has 2 aromatic carbocycles. The maximum absolute atomic E-state index is 11.5. The van der Waals surface area contributed by atoms with Crippen molar-refractivity contribution in [3.8, 4) is 5.75 Å². The molecule has 2 aromatic rings. The molecule has 2 rings (SSSR count). The lowest BCUT2D eigenvalue weighted by Crippen LogP contribution is -2.12. The van der Waals surface area contributed by atoms with Crippen molar-refractivity contribution in [2.75, 3.05) is 7.11 Å². The molecule has 0 spiro atoms. The van der Waals surface area contributed by atoms with Gasteiger partial charge in [-0.2, -0.15) is 0 Å². The van der Waals surface area contributed by atoms with Crippen LogP contribution in [-0.2, 0) is 9.53 Å². The number of aliphatic carboxylic acids is 1. The Balaban J connectivity index is 2.43. The van der Waals surface area contributed by atoms with E-state index in [1.807, 2.05) is 25.1 Å². The fraction of sp³-hybridized carbons (Fsp3) is 0.118. The molecule has 4 heteroatoms. The smallest absolute Gasteiger partial charge is 0.375 e. The van der Waals surface area contributed by atoms with Gasteiger partial charge >= 0.3 is 5.97 Å². The van der Waals surface area contributed by atoms with Crippen LogP contribution in [0.4, 0.5) is 0 Å². The number of aryl methyl sites for hydroxylation is 1. The minimum absolute atomic E-state index is 0.184. The highest BCUT2D eigenvalue weighted by Crippen LogP contribution is 2.23. The van der Waals surface area contributed by atoms with Crippen LogP contribution in [0.2, 0.25) is 0 Å². The summed E-state index contributed by atoms with van der Waals surface area (Å²) in [5.74, 6) is -0.795. The van der Waals surface area contributed by atoms with E-state index in [4.69, 9.17) is 9.47 Å². The highest BCUT2D eigenvalue weighted by atomic mass is 16.5. The molecule has 0 radical (unpaired) electrons. The van der Waals surface area contributed by atoms with E-state index in [1.165, 1.54) is 7.11 Å². The van der Waals surface area contributed by atoms with Crippen molar-refractivity contribution < 1.29 is 19.4 Å². The lowest BCUT2D eigenvalue weighted by Gasteiger charge is -2.12. The number of hydrogen-bond acceptors (Lipinski definition) is 3. The largest absolute Gasteiger partial charge is 0.492 e. The monoisotopic (exact) mass is 284 g/mol. The zero-order chi connectivity index (χ0) is 15.2. The van der Waals surface area contributed by atoms with Gasteiger partial charge in [-0.3, -0.25) is 0 Å². The van der Waals surface area contributed by atoms with Gasteiger partial charge in [0.25, 0.3) is 5.76 Å². The normalized spacial score (nSPS) is 11.5. The molecule has 0 aliphatic heterocycles. The SMILES string of the molecule is COC(=C(Oc1ccc(C)cc1)C(=O)O)c1ccccc1. The van der Waals surface area contributed by atoms with Crippen molar-refractivity contribution in [1.29, 1.82) is 0 Å². The molecule has 0 heterocycles. The van der Waals surface area contributed by atoms with Gasteiger partial charge in [0, 0.05) is 5.56 Å². The first-order valence-electron chi connectivity index (χ1n) is 6.43. The van der Waals surface area contributed by atoms with Gasteiger partial charge < -0.3 is 14.6 Å². The average Bonchev–Trinajstić information content (AvgIpc) is 2.50. The van der Waals surface area contributed by atoms with Crippen LogP contribution in [0.5, 0.6) is 5.75 Å². The first kappa shape index (κ1) is 14.7.